The highest BCUT2D eigenvalue weighted by Crippen LogP contribution is 2.36. The minimum atomic E-state index is -3.86. The van der Waals surface area contributed by atoms with Gasteiger partial charge in [-0.05, 0) is 65.7 Å². The van der Waals surface area contributed by atoms with Gasteiger partial charge in [0.1, 0.15) is 22.7 Å². The van der Waals surface area contributed by atoms with E-state index in [0.29, 0.717) is 38.7 Å². The maximum absolute atomic E-state index is 13.6. The van der Waals surface area contributed by atoms with Gasteiger partial charge < -0.3 is 0 Å². The third kappa shape index (κ3) is 5.31. The van der Waals surface area contributed by atoms with Crippen molar-refractivity contribution in [3.05, 3.63) is 102 Å². The SMILES string of the molecule is N#Cc1cc(-c2ccc(S(N)(=O)=O)cc2)c(-c2ccc(F)cc2)nc1SCc1ccc(F)cc1. The van der Waals surface area contributed by atoms with Crippen LogP contribution in [-0.2, 0) is 15.8 Å². The number of thioether (sulfide) groups is 1. The molecule has 0 saturated heterocycles. The van der Waals surface area contributed by atoms with E-state index in [9.17, 15) is 22.5 Å². The van der Waals surface area contributed by atoms with Gasteiger partial charge in [0, 0.05) is 16.9 Å². The third-order valence-electron chi connectivity index (χ3n) is 5.01. The molecule has 9 heteroatoms. The van der Waals surface area contributed by atoms with Gasteiger partial charge >= 0.3 is 0 Å². The molecule has 5 nitrogen and oxygen atoms in total. The van der Waals surface area contributed by atoms with Crippen molar-refractivity contribution in [1.29, 1.82) is 5.26 Å². The lowest BCUT2D eigenvalue weighted by Gasteiger charge is -2.14. The Kier molecular flexibility index (Phi) is 6.75. The van der Waals surface area contributed by atoms with Crippen LogP contribution in [0.5, 0.6) is 0 Å². The number of nitrogens with zero attached hydrogens (tertiary/aromatic N) is 2. The molecule has 0 unspecified atom stereocenters. The highest BCUT2D eigenvalue weighted by atomic mass is 32.2. The molecule has 1 heterocycles. The van der Waals surface area contributed by atoms with Gasteiger partial charge in [-0.15, -0.1) is 11.8 Å². The number of nitrogens with two attached hydrogens (primary N) is 1. The van der Waals surface area contributed by atoms with E-state index < -0.39 is 15.8 Å². The predicted octanol–water partition coefficient (Wildman–Crippen LogP) is 5.51. The summed E-state index contributed by atoms with van der Waals surface area (Å²) in [6, 6.07) is 21.6. The Hall–Kier alpha value is -3.58. The number of aromatic nitrogens is 1. The Labute approximate surface area is 199 Å². The molecule has 0 atom stereocenters. The standard InChI is InChI=1S/C25H17F2N3O2S2/c26-20-7-1-16(2-8-20)15-33-25-19(14-28)13-23(17-5-11-22(12-6-17)34(29,31)32)24(30-25)18-3-9-21(27)10-4-18/h1-13H,15H2,(H2,29,31,32). The van der Waals surface area contributed by atoms with Crippen LogP contribution in [0.15, 0.2) is 88.8 Å². The molecule has 0 aliphatic rings. The molecule has 0 saturated carbocycles. The number of sulfonamides is 1. The molecule has 0 aliphatic carbocycles. The fourth-order valence-corrected chi connectivity index (χ4v) is 4.72. The summed E-state index contributed by atoms with van der Waals surface area (Å²) in [5.74, 6) is -0.268. The summed E-state index contributed by atoms with van der Waals surface area (Å²) in [5, 5.41) is 15.4. The van der Waals surface area contributed by atoms with Gasteiger partial charge in [-0.1, -0.05) is 24.3 Å². The second-order valence-electron chi connectivity index (χ2n) is 7.34. The van der Waals surface area contributed by atoms with Crippen LogP contribution in [0.4, 0.5) is 8.78 Å². The first-order valence-electron chi connectivity index (χ1n) is 9.96. The van der Waals surface area contributed by atoms with Crippen LogP contribution < -0.4 is 5.14 Å². The minimum Gasteiger partial charge on any atom is -0.239 e. The van der Waals surface area contributed by atoms with Gasteiger partial charge in [0.25, 0.3) is 0 Å². The van der Waals surface area contributed by atoms with E-state index in [1.807, 2.05) is 0 Å². The zero-order chi connectivity index (χ0) is 24.3. The maximum Gasteiger partial charge on any atom is 0.238 e. The zero-order valence-electron chi connectivity index (χ0n) is 17.6. The zero-order valence-corrected chi connectivity index (χ0v) is 19.2. The summed E-state index contributed by atoms with van der Waals surface area (Å²) < 4.78 is 50.0. The number of nitriles is 1. The van der Waals surface area contributed by atoms with Crippen LogP contribution in [0.2, 0.25) is 0 Å². The average molecular weight is 494 g/mol. The van der Waals surface area contributed by atoms with Crippen molar-refractivity contribution in [2.75, 3.05) is 0 Å². The van der Waals surface area contributed by atoms with Gasteiger partial charge in [0.05, 0.1) is 16.2 Å². The van der Waals surface area contributed by atoms with Crippen LogP contribution >= 0.6 is 11.8 Å². The van der Waals surface area contributed by atoms with Crippen molar-refractivity contribution in [2.24, 2.45) is 5.14 Å². The highest BCUT2D eigenvalue weighted by Gasteiger charge is 2.17. The molecule has 4 aromatic rings. The molecule has 0 radical (unpaired) electrons. The quantitative estimate of drug-likeness (QED) is 0.358. The fourth-order valence-electron chi connectivity index (χ4n) is 3.29. The Morgan fingerprint density at radius 1 is 0.882 bits per heavy atom. The second-order valence-corrected chi connectivity index (χ2v) is 9.87. The van der Waals surface area contributed by atoms with E-state index in [2.05, 4.69) is 6.07 Å². The average Bonchev–Trinajstić information content (AvgIpc) is 2.83. The van der Waals surface area contributed by atoms with Crippen molar-refractivity contribution in [2.45, 2.75) is 15.7 Å². The number of primary sulfonamides is 1. The van der Waals surface area contributed by atoms with E-state index in [-0.39, 0.29) is 10.7 Å². The number of hydrogen-bond acceptors (Lipinski definition) is 5. The van der Waals surface area contributed by atoms with Crippen molar-refractivity contribution in [3.63, 3.8) is 0 Å². The molecule has 0 aliphatic heterocycles. The number of hydrogen-bond donors (Lipinski definition) is 1. The smallest absolute Gasteiger partial charge is 0.238 e. The lowest BCUT2D eigenvalue weighted by molar-refractivity contribution is 0.598. The van der Waals surface area contributed by atoms with Crippen molar-refractivity contribution in [3.8, 4) is 28.5 Å². The van der Waals surface area contributed by atoms with Gasteiger partial charge in [0.15, 0.2) is 0 Å². The molecule has 0 amide bonds. The number of rotatable bonds is 6. The van der Waals surface area contributed by atoms with E-state index in [1.165, 1.54) is 48.2 Å². The largest absolute Gasteiger partial charge is 0.239 e. The molecule has 4 rings (SSSR count). The molecule has 2 N–H and O–H groups in total. The van der Waals surface area contributed by atoms with Gasteiger partial charge in [-0.3, -0.25) is 0 Å². The van der Waals surface area contributed by atoms with Crippen LogP contribution in [0, 0.1) is 23.0 Å². The molecule has 170 valence electrons. The molecule has 1 aromatic heterocycles. The van der Waals surface area contributed by atoms with Crippen LogP contribution in [0.3, 0.4) is 0 Å². The van der Waals surface area contributed by atoms with E-state index in [0.717, 1.165) is 5.56 Å². The number of benzene rings is 3. The first-order valence-corrected chi connectivity index (χ1v) is 12.5. The highest BCUT2D eigenvalue weighted by molar-refractivity contribution is 7.98. The Bertz CT molecular complexity index is 1480. The summed E-state index contributed by atoms with van der Waals surface area (Å²) in [7, 11) is -3.86. The number of pyridine rings is 1. The summed E-state index contributed by atoms with van der Waals surface area (Å²) in [5.41, 5.74) is 3.51. The first-order chi connectivity index (χ1) is 16.2. The predicted molar refractivity (Wildman–Crippen MR) is 127 cm³/mol. The molecular formula is C25H17F2N3O2S2. The van der Waals surface area contributed by atoms with E-state index in [4.69, 9.17) is 10.1 Å². The molecule has 3 aromatic carbocycles. The van der Waals surface area contributed by atoms with Crippen molar-refractivity contribution in [1.82, 2.24) is 4.98 Å². The molecule has 0 fully saturated rings. The van der Waals surface area contributed by atoms with E-state index >= 15 is 0 Å². The normalized spacial score (nSPS) is 11.2. The van der Waals surface area contributed by atoms with Gasteiger partial charge in [-0.25, -0.2) is 27.3 Å². The van der Waals surface area contributed by atoms with Crippen LogP contribution in [-0.4, -0.2) is 13.4 Å². The molecule has 0 bridgehead atoms. The summed E-state index contributed by atoms with van der Waals surface area (Å²) >= 11 is 1.33. The molecular weight excluding hydrogens is 476 g/mol. The number of halogens is 2. The lowest BCUT2D eigenvalue weighted by Crippen LogP contribution is -2.11. The second kappa shape index (κ2) is 9.73. The van der Waals surface area contributed by atoms with Crippen molar-refractivity contribution >= 4 is 21.8 Å². The third-order valence-corrected chi connectivity index (χ3v) is 7.00. The summed E-state index contributed by atoms with van der Waals surface area (Å²) in [6.45, 7) is 0. The Balaban J connectivity index is 1.80. The van der Waals surface area contributed by atoms with Gasteiger partial charge in [0.2, 0.25) is 10.0 Å². The lowest BCUT2D eigenvalue weighted by atomic mass is 9.98. The van der Waals surface area contributed by atoms with E-state index in [1.54, 1.807) is 42.5 Å². The minimum absolute atomic E-state index is 0.0421. The first kappa shape index (κ1) is 23.6. The van der Waals surface area contributed by atoms with Crippen LogP contribution in [0.25, 0.3) is 22.4 Å². The molecule has 34 heavy (non-hydrogen) atoms. The van der Waals surface area contributed by atoms with Crippen molar-refractivity contribution < 1.29 is 17.2 Å². The molecule has 0 spiro atoms. The van der Waals surface area contributed by atoms with Gasteiger partial charge in [-0.2, -0.15) is 5.26 Å². The fraction of sp³-hybridized carbons (Fsp3) is 0.0400. The summed E-state index contributed by atoms with van der Waals surface area (Å²) in [4.78, 5) is 4.68. The Morgan fingerprint density at radius 2 is 1.44 bits per heavy atom. The van der Waals surface area contributed by atoms with Crippen LogP contribution in [0.1, 0.15) is 11.1 Å². The summed E-state index contributed by atoms with van der Waals surface area (Å²) in [6.07, 6.45) is 0. The Morgan fingerprint density at radius 3 is 2.00 bits per heavy atom. The maximum atomic E-state index is 13.6. The topological polar surface area (TPSA) is 96.8 Å². The monoisotopic (exact) mass is 493 g/mol.